The SMILES string of the molecule is CCOC(=O)[C@H](C)C[C@H](NC(=O)[C@H](NC(=O)OCc1ccccc1)C(C)C)C(N)=O. The van der Waals surface area contributed by atoms with Crippen molar-refractivity contribution in [2.45, 2.75) is 52.8 Å². The Morgan fingerprint density at radius 3 is 2.17 bits per heavy atom. The van der Waals surface area contributed by atoms with Crippen molar-refractivity contribution in [3.05, 3.63) is 35.9 Å². The van der Waals surface area contributed by atoms with E-state index in [4.69, 9.17) is 15.2 Å². The lowest BCUT2D eigenvalue weighted by Gasteiger charge is -2.25. The average molecular weight is 421 g/mol. The topological polar surface area (TPSA) is 137 Å². The molecule has 1 rings (SSSR count). The van der Waals surface area contributed by atoms with Gasteiger partial charge in [-0.05, 0) is 24.8 Å². The van der Waals surface area contributed by atoms with Crippen molar-refractivity contribution >= 4 is 23.9 Å². The summed E-state index contributed by atoms with van der Waals surface area (Å²) in [6.07, 6.45) is -0.772. The highest BCUT2D eigenvalue weighted by Gasteiger charge is 2.30. The lowest BCUT2D eigenvalue weighted by molar-refractivity contribution is -0.148. The second-order valence-electron chi connectivity index (χ2n) is 7.28. The molecule has 1 aromatic rings. The van der Waals surface area contributed by atoms with Gasteiger partial charge in [-0.15, -0.1) is 0 Å². The van der Waals surface area contributed by atoms with Crippen molar-refractivity contribution in [3.8, 4) is 0 Å². The van der Waals surface area contributed by atoms with Gasteiger partial charge in [0, 0.05) is 0 Å². The Bertz CT molecular complexity index is 723. The first-order valence-electron chi connectivity index (χ1n) is 9.89. The number of benzene rings is 1. The van der Waals surface area contributed by atoms with E-state index in [-0.39, 0.29) is 25.6 Å². The standard InChI is InChI=1S/C21H31N3O6/c1-5-29-20(27)14(4)11-16(18(22)25)23-19(26)17(13(2)3)24-21(28)30-12-15-9-7-6-8-10-15/h6-10,13-14,16-17H,5,11-12H2,1-4H3,(H2,22,25)(H,23,26)(H,24,28)/t14-,16+,17-/m1/s1. The number of ether oxygens (including phenoxy) is 2. The normalized spacial score (nSPS) is 13.6. The molecule has 0 aromatic heterocycles. The summed E-state index contributed by atoms with van der Waals surface area (Å²) in [5, 5.41) is 5.02. The smallest absolute Gasteiger partial charge is 0.408 e. The molecule has 3 atom stereocenters. The summed E-state index contributed by atoms with van der Waals surface area (Å²) in [7, 11) is 0. The van der Waals surface area contributed by atoms with Crippen molar-refractivity contribution < 1.29 is 28.7 Å². The van der Waals surface area contributed by atoms with E-state index in [0.29, 0.717) is 0 Å². The molecule has 0 bridgehead atoms. The molecule has 0 heterocycles. The summed E-state index contributed by atoms with van der Waals surface area (Å²) in [6.45, 7) is 7.00. The van der Waals surface area contributed by atoms with E-state index in [9.17, 15) is 19.2 Å². The van der Waals surface area contributed by atoms with Gasteiger partial charge in [-0.25, -0.2) is 4.79 Å². The molecule has 4 N–H and O–H groups in total. The highest BCUT2D eigenvalue weighted by atomic mass is 16.5. The number of esters is 1. The largest absolute Gasteiger partial charge is 0.466 e. The third-order valence-corrected chi connectivity index (χ3v) is 4.37. The zero-order valence-electron chi connectivity index (χ0n) is 17.8. The van der Waals surface area contributed by atoms with Gasteiger partial charge in [0.1, 0.15) is 18.7 Å². The minimum atomic E-state index is -1.08. The van der Waals surface area contributed by atoms with Crippen LogP contribution in [0.5, 0.6) is 0 Å². The van der Waals surface area contributed by atoms with E-state index in [1.807, 2.05) is 30.3 Å². The van der Waals surface area contributed by atoms with Crippen molar-refractivity contribution in [3.63, 3.8) is 0 Å². The van der Waals surface area contributed by atoms with E-state index in [0.717, 1.165) is 5.56 Å². The predicted octanol–water partition coefficient (Wildman–Crippen LogP) is 1.50. The molecule has 0 radical (unpaired) electrons. The molecule has 0 fully saturated rings. The zero-order valence-corrected chi connectivity index (χ0v) is 17.8. The molecule has 9 nitrogen and oxygen atoms in total. The summed E-state index contributed by atoms with van der Waals surface area (Å²) in [4.78, 5) is 48.4. The highest BCUT2D eigenvalue weighted by molar-refractivity contribution is 5.91. The first kappa shape index (κ1) is 24.9. The molecular formula is C21H31N3O6. The van der Waals surface area contributed by atoms with Crippen molar-refractivity contribution in [2.75, 3.05) is 6.61 Å². The first-order valence-corrected chi connectivity index (χ1v) is 9.89. The fraction of sp³-hybridized carbons (Fsp3) is 0.524. The fourth-order valence-electron chi connectivity index (χ4n) is 2.67. The lowest BCUT2D eigenvalue weighted by Crippen LogP contribution is -2.55. The Morgan fingerprint density at radius 2 is 1.63 bits per heavy atom. The number of hydrogen-bond acceptors (Lipinski definition) is 6. The van der Waals surface area contributed by atoms with Crippen LogP contribution in [-0.2, 0) is 30.5 Å². The van der Waals surface area contributed by atoms with Crippen LogP contribution in [0.2, 0.25) is 0 Å². The molecule has 30 heavy (non-hydrogen) atoms. The third-order valence-electron chi connectivity index (χ3n) is 4.37. The second kappa shape index (κ2) is 12.5. The van der Waals surface area contributed by atoms with Crippen LogP contribution >= 0.6 is 0 Å². The van der Waals surface area contributed by atoms with Crippen LogP contribution in [0.25, 0.3) is 0 Å². The Kier molecular flexibility index (Phi) is 10.4. The maximum absolute atomic E-state index is 12.7. The lowest BCUT2D eigenvalue weighted by atomic mass is 9.99. The van der Waals surface area contributed by atoms with Crippen LogP contribution in [-0.4, -0.2) is 42.6 Å². The van der Waals surface area contributed by atoms with E-state index >= 15 is 0 Å². The van der Waals surface area contributed by atoms with Gasteiger partial charge in [-0.1, -0.05) is 51.1 Å². The summed E-state index contributed by atoms with van der Waals surface area (Å²) >= 11 is 0. The van der Waals surface area contributed by atoms with E-state index in [1.165, 1.54) is 0 Å². The number of alkyl carbamates (subject to hydrolysis) is 1. The van der Waals surface area contributed by atoms with Crippen LogP contribution < -0.4 is 16.4 Å². The van der Waals surface area contributed by atoms with Gasteiger partial charge in [0.05, 0.1) is 12.5 Å². The van der Waals surface area contributed by atoms with Gasteiger partial charge in [0.15, 0.2) is 0 Å². The number of carbonyl (C=O) groups excluding carboxylic acids is 4. The number of nitrogens with two attached hydrogens (primary N) is 1. The molecule has 1 aromatic carbocycles. The molecule has 9 heteroatoms. The average Bonchev–Trinajstić information content (AvgIpc) is 2.70. The van der Waals surface area contributed by atoms with Crippen LogP contribution in [0.4, 0.5) is 4.79 Å². The minimum Gasteiger partial charge on any atom is -0.466 e. The third kappa shape index (κ3) is 8.50. The molecule has 0 aliphatic carbocycles. The maximum Gasteiger partial charge on any atom is 0.408 e. The van der Waals surface area contributed by atoms with Gasteiger partial charge in [0.2, 0.25) is 11.8 Å². The molecule has 0 spiro atoms. The van der Waals surface area contributed by atoms with E-state index in [1.54, 1.807) is 27.7 Å². The van der Waals surface area contributed by atoms with Gasteiger partial charge in [0.25, 0.3) is 0 Å². The van der Waals surface area contributed by atoms with Crippen LogP contribution in [0.1, 0.15) is 39.7 Å². The minimum absolute atomic E-state index is 0.0107. The number of carbonyl (C=O) groups is 4. The second-order valence-corrected chi connectivity index (χ2v) is 7.28. The molecule has 0 saturated carbocycles. The summed E-state index contributed by atoms with van der Waals surface area (Å²) in [5.74, 6) is -2.79. The van der Waals surface area contributed by atoms with Gasteiger partial charge in [-0.3, -0.25) is 14.4 Å². The summed E-state index contributed by atoms with van der Waals surface area (Å²) in [5.41, 5.74) is 6.18. The molecule has 0 aliphatic rings. The predicted molar refractivity (Wildman–Crippen MR) is 110 cm³/mol. The van der Waals surface area contributed by atoms with Crippen molar-refractivity contribution in [1.29, 1.82) is 0 Å². The van der Waals surface area contributed by atoms with Crippen LogP contribution in [0.15, 0.2) is 30.3 Å². The number of primary amides is 1. The van der Waals surface area contributed by atoms with Gasteiger partial charge >= 0.3 is 12.1 Å². The fourth-order valence-corrected chi connectivity index (χ4v) is 2.67. The number of rotatable bonds is 11. The number of amides is 3. The summed E-state index contributed by atoms with van der Waals surface area (Å²) in [6, 6.07) is 7.07. The Hall–Kier alpha value is -3.10. The van der Waals surface area contributed by atoms with Crippen LogP contribution in [0.3, 0.4) is 0 Å². The monoisotopic (exact) mass is 421 g/mol. The van der Waals surface area contributed by atoms with E-state index in [2.05, 4.69) is 10.6 Å². The molecular weight excluding hydrogens is 390 g/mol. The zero-order chi connectivity index (χ0) is 22.7. The van der Waals surface area contributed by atoms with E-state index < -0.39 is 41.9 Å². The number of hydrogen-bond donors (Lipinski definition) is 3. The first-order chi connectivity index (χ1) is 14.1. The maximum atomic E-state index is 12.7. The van der Waals surface area contributed by atoms with Gasteiger partial charge in [-0.2, -0.15) is 0 Å². The van der Waals surface area contributed by atoms with Gasteiger partial charge < -0.3 is 25.8 Å². The molecule has 0 saturated heterocycles. The quantitative estimate of drug-likeness (QED) is 0.463. The summed E-state index contributed by atoms with van der Waals surface area (Å²) < 4.78 is 10.1. The number of nitrogens with one attached hydrogen (secondary N) is 2. The van der Waals surface area contributed by atoms with Crippen molar-refractivity contribution in [2.24, 2.45) is 17.6 Å². The Morgan fingerprint density at radius 1 is 1.00 bits per heavy atom. The molecule has 3 amide bonds. The molecule has 166 valence electrons. The Labute approximate surface area is 176 Å². The molecule has 0 unspecified atom stereocenters. The Balaban J connectivity index is 2.70. The van der Waals surface area contributed by atoms with Crippen LogP contribution in [0, 0.1) is 11.8 Å². The molecule has 0 aliphatic heterocycles. The highest BCUT2D eigenvalue weighted by Crippen LogP contribution is 2.10. The van der Waals surface area contributed by atoms with Crippen molar-refractivity contribution in [1.82, 2.24) is 10.6 Å².